The van der Waals surface area contributed by atoms with E-state index in [1.807, 2.05) is 30.3 Å². The molecule has 3 rings (SSSR count). The van der Waals surface area contributed by atoms with Gasteiger partial charge in [0.05, 0.1) is 12.8 Å². The summed E-state index contributed by atoms with van der Waals surface area (Å²) in [5.41, 5.74) is 2.66. The van der Waals surface area contributed by atoms with Gasteiger partial charge in [-0.2, -0.15) is 0 Å². The Morgan fingerprint density at radius 2 is 2.05 bits per heavy atom. The summed E-state index contributed by atoms with van der Waals surface area (Å²) in [4.78, 5) is 4.26. The second-order valence-corrected chi connectivity index (χ2v) is 4.92. The summed E-state index contributed by atoms with van der Waals surface area (Å²) < 4.78 is 5.16. The molecular weight excluding hydrogens is 252 g/mol. The Morgan fingerprint density at radius 3 is 2.65 bits per heavy atom. The fraction of sp³-hybridized carbons (Fsp3) is 0.250. The van der Waals surface area contributed by atoms with Gasteiger partial charge in [0.15, 0.2) is 0 Å². The van der Waals surface area contributed by atoms with E-state index in [2.05, 4.69) is 22.3 Å². The fourth-order valence-electron chi connectivity index (χ4n) is 2.55. The van der Waals surface area contributed by atoms with Gasteiger partial charge in [0.1, 0.15) is 11.5 Å². The first-order chi connectivity index (χ1) is 9.83. The van der Waals surface area contributed by atoms with Gasteiger partial charge in [-0.25, -0.2) is 0 Å². The Morgan fingerprint density at radius 1 is 1.25 bits per heavy atom. The quantitative estimate of drug-likeness (QED) is 0.526. The molecule has 0 bridgehead atoms. The number of nitrogens with zero attached hydrogens (tertiary/aromatic N) is 2. The van der Waals surface area contributed by atoms with Gasteiger partial charge in [-0.1, -0.05) is 23.4 Å². The molecule has 1 fully saturated rings. The van der Waals surface area contributed by atoms with Crippen molar-refractivity contribution in [2.45, 2.75) is 12.3 Å². The number of aromatic nitrogens is 1. The van der Waals surface area contributed by atoms with Crippen LogP contribution in [0.3, 0.4) is 0 Å². The van der Waals surface area contributed by atoms with Gasteiger partial charge in [0, 0.05) is 12.1 Å². The molecule has 102 valence electrons. The molecular formula is C16H16N2O2. The first kappa shape index (κ1) is 12.7. The van der Waals surface area contributed by atoms with Crippen LogP contribution in [0.25, 0.3) is 0 Å². The van der Waals surface area contributed by atoms with Gasteiger partial charge in [-0.15, -0.1) is 0 Å². The van der Waals surface area contributed by atoms with Gasteiger partial charge >= 0.3 is 0 Å². The molecule has 0 amide bonds. The van der Waals surface area contributed by atoms with Crippen LogP contribution in [0, 0.1) is 5.92 Å². The second kappa shape index (κ2) is 5.33. The summed E-state index contributed by atoms with van der Waals surface area (Å²) in [5.74, 6) is 1.49. The van der Waals surface area contributed by atoms with Crippen molar-refractivity contribution in [3.63, 3.8) is 0 Å². The number of benzene rings is 1. The predicted molar refractivity (Wildman–Crippen MR) is 76.4 cm³/mol. The van der Waals surface area contributed by atoms with Crippen LogP contribution in [-0.4, -0.2) is 23.0 Å². The maximum absolute atomic E-state index is 9.26. The third kappa shape index (κ3) is 2.37. The van der Waals surface area contributed by atoms with E-state index in [0.29, 0.717) is 11.6 Å². The molecule has 4 heteroatoms. The zero-order valence-corrected chi connectivity index (χ0v) is 11.2. The van der Waals surface area contributed by atoms with E-state index < -0.39 is 0 Å². The maximum atomic E-state index is 9.26. The predicted octanol–water partition coefficient (Wildman–Crippen LogP) is 3.07. The van der Waals surface area contributed by atoms with E-state index in [0.717, 1.165) is 17.9 Å². The molecule has 0 unspecified atom stereocenters. The number of methoxy groups -OCH3 is 1. The highest BCUT2D eigenvalue weighted by Gasteiger charge is 2.43. The highest BCUT2D eigenvalue weighted by molar-refractivity contribution is 6.02. The molecule has 1 aromatic carbocycles. The lowest BCUT2D eigenvalue weighted by Gasteiger charge is -2.04. The molecule has 0 spiro atoms. The highest BCUT2D eigenvalue weighted by Crippen LogP contribution is 2.49. The van der Waals surface area contributed by atoms with E-state index in [1.54, 1.807) is 13.3 Å². The lowest BCUT2D eigenvalue weighted by molar-refractivity contribution is 0.317. The van der Waals surface area contributed by atoms with Crippen molar-refractivity contribution in [2.24, 2.45) is 11.1 Å². The molecule has 1 aliphatic carbocycles. The average Bonchev–Trinajstić information content (AvgIpc) is 3.30. The van der Waals surface area contributed by atoms with Crippen LogP contribution in [0.1, 0.15) is 23.6 Å². The monoisotopic (exact) mass is 268 g/mol. The molecule has 20 heavy (non-hydrogen) atoms. The molecule has 4 nitrogen and oxygen atoms in total. The largest absolute Gasteiger partial charge is 0.497 e. The van der Waals surface area contributed by atoms with Crippen molar-refractivity contribution in [3.05, 3.63) is 59.9 Å². The molecule has 0 aliphatic heterocycles. The van der Waals surface area contributed by atoms with Gasteiger partial charge < -0.3 is 9.94 Å². The molecule has 1 N–H and O–H groups in total. The summed E-state index contributed by atoms with van der Waals surface area (Å²) in [5, 5.41) is 12.7. The van der Waals surface area contributed by atoms with Crippen molar-refractivity contribution < 1.29 is 9.94 Å². The molecule has 1 aromatic heterocycles. The summed E-state index contributed by atoms with van der Waals surface area (Å²) in [6.07, 6.45) is 2.70. The van der Waals surface area contributed by atoms with Gasteiger partial charge in [-0.3, -0.25) is 4.98 Å². The van der Waals surface area contributed by atoms with Crippen molar-refractivity contribution in [1.29, 1.82) is 0 Å². The van der Waals surface area contributed by atoms with Crippen LogP contribution in [0.2, 0.25) is 0 Å². The molecule has 2 aromatic rings. The van der Waals surface area contributed by atoms with Crippen LogP contribution >= 0.6 is 0 Å². The smallest absolute Gasteiger partial charge is 0.118 e. The number of rotatable bonds is 4. The topological polar surface area (TPSA) is 54.7 Å². The second-order valence-electron chi connectivity index (χ2n) is 4.92. The van der Waals surface area contributed by atoms with Gasteiger partial charge in [0.2, 0.25) is 0 Å². The van der Waals surface area contributed by atoms with Crippen molar-refractivity contribution in [2.75, 3.05) is 7.11 Å². The minimum absolute atomic E-state index is 0.239. The van der Waals surface area contributed by atoms with Crippen LogP contribution in [0.5, 0.6) is 5.75 Å². The Hall–Kier alpha value is -2.36. The Kier molecular flexibility index (Phi) is 3.37. The van der Waals surface area contributed by atoms with Gasteiger partial charge in [-0.05, 0) is 42.2 Å². The van der Waals surface area contributed by atoms with E-state index in [1.165, 1.54) is 5.56 Å². The zero-order chi connectivity index (χ0) is 13.9. The van der Waals surface area contributed by atoms with E-state index >= 15 is 0 Å². The van der Waals surface area contributed by atoms with Crippen molar-refractivity contribution >= 4 is 5.71 Å². The van der Waals surface area contributed by atoms with E-state index in [9.17, 15) is 5.21 Å². The minimum atomic E-state index is 0.239. The van der Waals surface area contributed by atoms with Gasteiger partial charge in [0.25, 0.3) is 0 Å². The molecule has 1 heterocycles. The maximum Gasteiger partial charge on any atom is 0.118 e. The van der Waals surface area contributed by atoms with E-state index in [-0.39, 0.29) is 5.92 Å². The zero-order valence-electron chi connectivity index (χ0n) is 11.2. The average molecular weight is 268 g/mol. The SMILES string of the molecule is COc1ccc([C@@H]2C[C@H]2/C(=N\O)c2ccccn2)cc1. The van der Waals surface area contributed by atoms with E-state index in [4.69, 9.17) is 4.74 Å². The Labute approximate surface area is 117 Å². The summed E-state index contributed by atoms with van der Waals surface area (Å²) in [6, 6.07) is 13.7. The summed E-state index contributed by atoms with van der Waals surface area (Å²) in [6.45, 7) is 0. The van der Waals surface area contributed by atoms with Crippen LogP contribution in [-0.2, 0) is 0 Å². The highest BCUT2D eigenvalue weighted by atomic mass is 16.5. The standard InChI is InChI=1S/C16H16N2O2/c1-20-12-7-5-11(6-8-12)13-10-14(13)16(18-19)15-4-2-3-9-17-15/h2-9,13-14,19H,10H2,1H3/b18-16+/t13-,14+/m0/s1. The van der Waals surface area contributed by atoms with Crippen molar-refractivity contribution in [3.8, 4) is 5.75 Å². The van der Waals surface area contributed by atoms with Crippen LogP contribution in [0.4, 0.5) is 0 Å². The molecule has 1 aliphatic rings. The summed E-state index contributed by atoms with van der Waals surface area (Å²) in [7, 11) is 1.66. The lowest BCUT2D eigenvalue weighted by Crippen LogP contribution is -2.07. The van der Waals surface area contributed by atoms with Crippen LogP contribution in [0.15, 0.2) is 53.8 Å². The Balaban J connectivity index is 1.77. The number of hydrogen-bond acceptors (Lipinski definition) is 4. The number of oxime groups is 1. The third-order valence-corrected chi connectivity index (χ3v) is 3.72. The molecule has 2 atom stereocenters. The first-order valence-electron chi connectivity index (χ1n) is 6.61. The van der Waals surface area contributed by atoms with Crippen molar-refractivity contribution in [1.82, 2.24) is 4.98 Å². The normalized spacial score (nSPS) is 21.6. The molecule has 1 saturated carbocycles. The number of ether oxygens (including phenoxy) is 1. The fourth-order valence-corrected chi connectivity index (χ4v) is 2.55. The minimum Gasteiger partial charge on any atom is -0.497 e. The van der Waals surface area contributed by atoms with Crippen LogP contribution < -0.4 is 4.74 Å². The first-order valence-corrected chi connectivity index (χ1v) is 6.61. The number of pyridine rings is 1. The third-order valence-electron chi connectivity index (χ3n) is 3.72. The summed E-state index contributed by atoms with van der Waals surface area (Å²) >= 11 is 0. The molecule has 0 radical (unpaired) electrons. The number of hydrogen-bond donors (Lipinski definition) is 1. The Bertz CT molecular complexity index is 608. The lowest BCUT2D eigenvalue weighted by atomic mass is 10.1. The molecule has 0 saturated heterocycles.